The van der Waals surface area contributed by atoms with Crippen molar-refractivity contribution >= 4 is 10.9 Å². The maximum atomic E-state index is 9.81. The largest absolute Gasteiger partial charge is 0.393 e. The maximum absolute atomic E-state index is 9.81. The molecule has 2 aromatic rings. The van der Waals surface area contributed by atoms with Crippen LogP contribution < -0.4 is 0 Å². The standard InChI is InChI=1S/C15H22N2O/c1-3-7-12(18)10-11-14-13-8-5-6-9-15(13)17(4-2)16-14/h5-6,8-9,12,18H,3-4,7,10-11H2,1-2H3. The van der Waals surface area contributed by atoms with Gasteiger partial charge in [-0.1, -0.05) is 31.5 Å². The number of hydrogen-bond acceptors (Lipinski definition) is 2. The number of benzene rings is 1. The number of fused-ring (bicyclic) bond motifs is 1. The van der Waals surface area contributed by atoms with Gasteiger partial charge in [-0.3, -0.25) is 4.68 Å². The summed E-state index contributed by atoms with van der Waals surface area (Å²) in [6.07, 6.45) is 3.38. The van der Waals surface area contributed by atoms with E-state index in [1.165, 1.54) is 10.9 Å². The molecule has 0 aliphatic carbocycles. The van der Waals surface area contributed by atoms with Crippen molar-refractivity contribution in [1.82, 2.24) is 9.78 Å². The summed E-state index contributed by atoms with van der Waals surface area (Å²) in [5, 5.41) is 15.7. The number of nitrogens with zero attached hydrogens (tertiary/aromatic N) is 2. The predicted molar refractivity (Wildman–Crippen MR) is 74.6 cm³/mol. The zero-order valence-electron chi connectivity index (χ0n) is 11.3. The molecule has 1 unspecified atom stereocenters. The molecule has 0 amide bonds. The van der Waals surface area contributed by atoms with Crippen LogP contribution in [0.4, 0.5) is 0 Å². The Bertz CT molecular complexity index is 504. The molecule has 0 aliphatic heterocycles. The average molecular weight is 246 g/mol. The fourth-order valence-corrected chi connectivity index (χ4v) is 2.40. The number of rotatable bonds is 6. The molecule has 98 valence electrons. The van der Waals surface area contributed by atoms with Crippen LogP contribution in [0.5, 0.6) is 0 Å². The minimum atomic E-state index is -0.194. The van der Waals surface area contributed by atoms with Crippen LogP contribution in [0.1, 0.15) is 38.8 Å². The Balaban J connectivity index is 2.18. The minimum Gasteiger partial charge on any atom is -0.393 e. The van der Waals surface area contributed by atoms with Crippen molar-refractivity contribution in [2.75, 3.05) is 0 Å². The summed E-state index contributed by atoms with van der Waals surface area (Å²) in [6, 6.07) is 8.33. The lowest BCUT2D eigenvalue weighted by molar-refractivity contribution is 0.153. The second-order valence-electron chi connectivity index (χ2n) is 4.76. The Morgan fingerprint density at radius 1 is 1.22 bits per heavy atom. The van der Waals surface area contributed by atoms with Gasteiger partial charge in [0.05, 0.1) is 17.3 Å². The fraction of sp³-hybridized carbons (Fsp3) is 0.533. The van der Waals surface area contributed by atoms with E-state index in [1.54, 1.807) is 0 Å². The van der Waals surface area contributed by atoms with Crippen LogP contribution in [0.3, 0.4) is 0 Å². The van der Waals surface area contributed by atoms with Crippen molar-refractivity contribution in [3.05, 3.63) is 30.0 Å². The maximum Gasteiger partial charge on any atom is 0.0704 e. The lowest BCUT2D eigenvalue weighted by Crippen LogP contribution is -2.07. The third-order valence-corrected chi connectivity index (χ3v) is 3.37. The van der Waals surface area contributed by atoms with Gasteiger partial charge in [-0.05, 0) is 32.3 Å². The molecule has 1 atom stereocenters. The normalized spacial score (nSPS) is 13.1. The van der Waals surface area contributed by atoms with Crippen molar-refractivity contribution < 1.29 is 5.11 Å². The zero-order valence-corrected chi connectivity index (χ0v) is 11.3. The monoisotopic (exact) mass is 246 g/mol. The van der Waals surface area contributed by atoms with E-state index in [9.17, 15) is 5.11 Å². The first kappa shape index (κ1) is 13.1. The quantitative estimate of drug-likeness (QED) is 0.850. The highest BCUT2D eigenvalue weighted by Crippen LogP contribution is 2.20. The van der Waals surface area contributed by atoms with Crippen LogP contribution in [-0.2, 0) is 13.0 Å². The number of para-hydroxylation sites is 1. The van der Waals surface area contributed by atoms with Crippen LogP contribution >= 0.6 is 0 Å². The molecule has 0 saturated carbocycles. The first-order valence-corrected chi connectivity index (χ1v) is 6.88. The molecule has 0 fully saturated rings. The Hall–Kier alpha value is -1.35. The van der Waals surface area contributed by atoms with E-state index < -0.39 is 0 Å². The third kappa shape index (κ3) is 2.72. The van der Waals surface area contributed by atoms with Gasteiger partial charge in [-0.25, -0.2) is 0 Å². The summed E-state index contributed by atoms with van der Waals surface area (Å²) in [6.45, 7) is 5.09. The number of aliphatic hydroxyl groups excluding tert-OH is 1. The zero-order chi connectivity index (χ0) is 13.0. The highest BCUT2D eigenvalue weighted by atomic mass is 16.3. The highest BCUT2D eigenvalue weighted by molar-refractivity contribution is 5.81. The van der Waals surface area contributed by atoms with Gasteiger partial charge >= 0.3 is 0 Å². The lowest BCUT2D eigenvalue weighted by atomic mass is 10.1. The molecule has 0 aliphatic rings. The molecule has 1 heterocycles. The lowest BCUT2D eigenvalue weighted by Gasteiger charge is -2.07. The Kier molecular flexibility index (Phi) is 4.37. The van der Waals surface area contributed by atoms with Crippen LogP contribution in [0.15, 0.2) is 24.3 Å². The molecule has 0 saturated heterocycles. The molecular formula is C15H22N2O. The Labute approximate surface area is 108 Å². The number of aliphatic hydroxyl groups is 1. The van der Waals surface area contributed by atoms with Gasteiger partial charge in [0.1, 0.15) is 0 Å². The first-order chi connectivity index (χ1) is 8.76. The topological polar surface area (TPSA) is 38.1 Å². The van der Waals surface area contributed by atoms with Gasteiger partial charge in [-0.15, -0.1) is 0 Å². The SMILES string of the molecule is CCCC(O)CCc1nn(CC)c2ccccc12. The highest BCUT2D eigenvalue weighted by Gasteiger charge is 2.10. The molecule has 3 heteroatoms. The molecular weight excluding hydrogens is 224 g/mol. The van der Waals surface area contributed by atoms with Crippen LogP contribution in [0, 0.1) is 0 Å². The van der Waals surface area contributed by atoms with Crippen LogP contribution in [0.25, 0.3) is 10.9 Å². The van der Waals surface area contributed by atoms with Gasteiger partial charge < -0.3 is 5.11 Å². The number of aromatic nitrogens is 2. The molecule has 0 radical (unpaired) electrons. The van der Waals surface area contributed by atoms with Crippen molar-refractivity contribution in [2.24, 2.45) is 0 Å². The molecule has 3 nitrogen and oxygen atoms in total. The molecule has 0 spiro atoms. The minimum absolute atomic E-state index is 0.194. The molecule has 1 aromatic heterocycles. The fourth-order valence-electron chi connectivity index (χ4n) is 2.40. The average Bonchev–Trinajstić information content (AvgIpc) is 2.75. The predicted octanol–water partition coefficient (Wildman–Crippen LogP) is 3.15. The summed E-state index contributed by atoms with van der Waals surface area (Å²) in [7, 11) is 0. The Morgan fingerprint density at radius 2 is 2.00 bits per heavy atom. The summed E-state index contributed by atoms with van der Waals surface area (Å²) in [5.41, 5.74) is 2.31. The van der Waals surface area contributed by atoms with Crippen LogP contribution in [0.2, 0.25) is 0 Å². The molecule has 0 bridgehead atoms. The number of hydrogen-bond donors (Lipinski definition) is 1. The van der Waals surface area contributed by atoms with E-state index in [4.69, 9.17) is 0 Å². The van der Waals surface area contributed by atoms with Gasteiger partial charge in [0.15, 0.2) is 0 Å². The van der Waals surface area contributed by atoms with Gasteiger partial charge in [0.2, 0.25) is 0 Å². The van der Waals surface area contributed by atoms with E-state index >= 15 is 0 Å². The summed E-state index contributed by atoms with van der Waals surface area (Å²) >= 11 is 0. The van der Waals surface area contributed by atoms with Crippen molar-refractivity contribution in [3.8, 4) is 0 Å². The van der Waals surface area contributed by atoms with Crippen molar-refractivity contribution in [2.45, 2.75) is 52.2 Å². The third-order valence-electron chi connectivity index (χ3n) is 3.37. The van der Waals surface area contributed by atoms with E-state index in [0.29, 0.717) is 0 Å². The summed E-state index contributed by atoms with van der Waals surface area (Å²) in [5.74, 6) is 0. The van der Waals surface area contributed by atoms with E-state index in [-0.39, 0.29) is 6.10 Å². The summed E-state index contributed by atoms with van der Waals surface area (Å²) in [4.78, 5) is 0. The van der Waals surface area contributed by atoms with E-state index in [0.717, 1.165) is 37.9 Å². The summed E-state index contributed by atoms with van der Waals surface area (Å²) < 4.78 is 2.04. The number of aryl methyl sites for hydroxylation is 2. The van der Waals surface area contributed by atoms with Crippen molar-refractivity contribution in [1.29, 1.82) is 0 Å². The smallest absolute Gasteiger partial charge is 0.0704 e. The van der Waals surface area contributed by atoms with Crippen molar-refractivity contribution in [3.63, 3.8) is 0 Å². The first-order valence-electron chi connectivity index (χ1n) is 6.88. The Morgan fingerprint density at radius 3 is 2.72 bits per heavy atom. The van der Waals surface area contributed by atoms with Gasteiger partial charge in [-0.2, -0.15) is 5.10 Å². The van der Waals surface area contributed by atoms with E-state index in [2.05, 4.69) is 37.1 Å². The molecule has 1 aromatic carbocycles. The molecule has 2 rings (SSSR count). The van der Waals surface area contributed by atoms with Gasteiger partial charge in [0.25, 0.3) is 0 Å². The van der Waals surface area contributed by atoms with Crippen LogP contribution in [-0.4, -0.2) is 21.0 Å². The van der Waals surface area contributed by atoms with E-state index in [1.807, 2.05) is 10.7 Å². The molecule has 1 N–H and O–H groups in total. The second-order valence-corrected chi connectivity index (χ2v) is 4.76. The second kappa shape index (κ2) is 6.01. The van der Waals surface area contributed by atoms with Gasteiger partial charge in [0, 0.05) is 11.9 Å². The molecule has 18 heavy (non-hydrogen) atoms.